The van der Waals surface area contributed by atoms with Gasteiger partial charge in [0.25, 0.3) is 5.91 Å². The number of nitrogens with one attached hydrogen (secondary N) is 1. The summed E-state index contributed by atoms with van der Waals surface area (Å²) in [6.07, 6.45) is 7.87. The van der Waals surface area contributed by atoms with Crippen LogP contribution in [-0.4, -0.2) is 38.4 Å². The van der Waals surface area contributed by atoms with Gasteiger partial charge in [0.15, 0.2) is 0 Å². The topological polar surface area (TPSA) is 80.0 Å². The van der Waals surface area contributed by atoms with Gasteiger partial charge in [-0.15, -0.1) is 0 Å². The molecule has 6 nitrogen and oxygen atoms in total. The zero-order valence-corrected chi connectivity index (χ0v) is 14.7. The lowest BCUT2D eigenvalue weighted by molar-refractivity contribution is 0.0940. The second-order valence-corrected chi connectivity index (χ2v) is 6.24. The van der Waals surface area contributed by atoms with Crippen LogP contribution in [0.2, 0.25) is 0 Å². The fourth-order valence-electron chi connectivity index (χ4n) is 2.81. The molecule has 0 aliphatic heterocycles. The van der Waals surface area contributed by atoms with Gasteiger partial charge in [0.1, 0.15) is 0 Å². The second kappa shape index (κ2) is 8.40. The van der Waals surface area contributed by atoms with Gasteiger partial charge in [-0.05, 0) is 42.7 Å². The van der Waals surface area contributed by atoms with Crippen LogP contribution < -0.4 is 5.32 Å². The molecule has 134 valence electrons. The van der Waals surface area contributed by atoms with Gasteiger partial charge in [-0.1, -0.05) is 18.2 Å². The molecule has 0 saturated heterocycles. The Hall–Kier alpha value is -2.99. The van der Waals surface area contributed by atoms with E-state index >= 15 is 0 Å². The lowest BCUT2D eigenvalue weighted by Gasteiger charge is -2.14. The Morgan fingerprint density at radius 2 is 2.12 bits per heavy atom. The third-order valence-corrected chi connectivity index (χ3v) is 4.06. The molecule has 1 amide bonds. The van der Waals surface area contributed by atoms with Crippen molar-refractivity contribution < 1.29 is 9.90 Å². The van der Waals surface area contributed by atoms with Gasteiger partial charge in [-0.25, -0.2) is 0 Å². The molecule has 1 aromatic carbocycles. The Labute approximate surface area is 152 Å². The van der Waals surface area contributed by atoms with Crippen molar-refractivity contribution in [1.82, 2.24) is 20.1 Å². The first kappa shape index (κ1) is 17.8. The average molecular weight is 350 g/mol. The van der Waals surface area contributed by atoms with Crippen LogP contribution in [0.5, 0.6) is 0 Å². The summed E-state index contributed by atoms with van der Waals surface area (Å²) in [5.74, 6) is -0.106. The molecule has 6 heteroatoms. The summed E-state index contributed by atoms with van der Waals surface area (Å²) in [5.41, 5.74) is 3.53. The highest BCUT2D eigenvalue weighted by atomic mass is 16.3. The molecular formula is C20H22N4O2. The Bertz CT molecular complexity index is 861. The van der Waals surface area contributed by atoms with E-state index in [1.165, 1.54) is 0 Å². The summed E-state index contributed by atoms with van der Waals surface area (Å²) < 4.78 is 1.68. The number of aliphatic hydroxyl groups is 1. The van der Waals surface area contributed by atoms with Gasteiger partial charge in [0, 0.05) is 35.8 Å². The predicted octanol–water partition coefficient (Wildman–Crippen LogP) is 2.30. The van der Waals surface area contributed by atoms with Crippen LogP contribution >= 0.6 is 0 Å². The SMILES string of the molecule is C[C@H](Cc1cccnc1)NC(=O)c1cccc(-c2cnn(CCO)c2)c1. The first-order chi connectivity index (χ1) is 12.7. The molecule has 26 heavy (non-hydrogen) atoms. The largest absolute Gasteiger partial charge is 0.394 e. The first-order valence-electron chi connectivity index (χ1n) is 8.59. The Morgan fingerprint density at radius 1 is 1.23 bits per heavy atom. The van der Waals surface area contributed by atoms with Gasteiger partial charge in [-0.3, -0.25) is 14.5 Å². The van der Waals surface area contributed by atoms with Crippen molar-refractivity contribution in [2.24, 2.45) is 0 Å². The lowest BCUT2D eigenvalue weighted by atomic mass is 10.0. The summed E-state index contributed by atoms with van der Waals surface area (Å²) >= 11 is 0. The minimum atomic E-state index is -0.106. The smallest absolute Gasteiger partial charge is 0.251 e. The molecule has 1 atom stereocenters. The van der Waals surface area contributed by atoms with Gasteiger partial charge in [0.2, 0.25) is 0 Å². The van der Waals surface area contributed by atoms with E-state index in [-0.39, 0.29) is 18.6 Å². The van der Waals surface area contributed by atoms with E-state index in [2.05, 4.69) is 15.4 Å². The van der Waals surface area contributed by atoms with Crippen molar-refractivity contribution in [1.29, 1.82) is 0 Å². The fourth-order valence-corrected chi connectivity index (χ4v) is 2.81. The van der Waals surface area contributed by atoms with Crippen molar-refractivity contribution in [3.63, 3.8) is 0 Å². The molecule has 3 rings (SSSR count). The number of hydrogen-bond acceptors (Lipinski definition) is 4. The molecular weight excluding hydrogens is 328 g/mol. The lowest BCUT2D eigenvalue weighted by Crippen LogP contribution is -2.34. The van der Waals surface area contributed by atoms with Gasteiger partial charge >= 0.3 is 0 Å². The quantitative estimate of drug-likeness (QED) is 0.685. The van der Waals surface area contributed by atoms with Crippen LogP contribution in [-0.2, 0) is 13.0 Å². The van der Waals surface area contributed by atoms with E-state index in [1.807, 2.05) is 49.6 Å². The summed E-state index contributed by atoms with van der Waals surface area (Å²) in [6.45, 7) is 2.47. The first-order valence-corrected chi connectivity index (χ1v) is 8.59. The van der Waals surface area contributed by atoms with Crippen LogP contribution in [0.4, 0.5) is 0 Å². The monoisotopic (exact) mass is 350 g/mol. The molecule has 3 aromatic rings. The van der Waals surface area contributed by atoms with Crippen molar-refractivity contribution in [3.8, 4) is 11.1 Å². The maximum Gasteiger partial charge on any atom is 0.251 e. The summed E-state index contributed by atoms with van der Waals surface area (Å²) in [4.78, 5) is 16.7. The van der Waals surface area contributed by atoms with Crippen LogP contribution in [0.1, 0.15) is 22.8 Å². The van der Waals surface area contributed by atoms with Crippen molar-refractivity contribution in [2.75, 3.05) is 6.61 Å². The van der Waals surface area contributed by atoms with Crippen LogP contribution in [0.25, 0.3) is 11.1 Å². The Balaban J connectivity index is 1.67. The second-order valence-electron chi connectivity index (χ2n) is 6.24. The number of nitrogens with zero attached hydrogens (tertiary/aromatic N) is 3. The van der Waals surface area contributed by atoms with Gasteiger partial charge < -0.3 is 10.4 Å². The normalized spacial score (nSPS) is 11.9. The maximum atomic E-state index is 12.6. The van der Waals surface area contributed by atoms with E-state index in [9.17, 15) is 4.79 Å². The number of pyridine rings is 1. The van der Waals surface area contributed by atoms with Crippen LogP contribution in [0.15, 0.2) is 61.2 Å². The highest BCUT2D eigenvalue weighted by Gasteiger charge is 2.12. The van der Waals surface area contributed by atoms with E-state index < -0.39 is 0 Å². The molecule has 0 radical (unpaired) electrons. The van der Waals surface area contributed by atoms with Crippen LogP contribution in [0, 0.1) is 0 Å². The molecule has 0 aliphatic carbocycles. The number of carbonyl (C=O) groups excluding carboxylic acids is 1. The van der Waals surface area contributed by atoms with E-state index in [1.54, 1.807) is 23.1 Å². The maximum absolute atomic E-state index is 12.6. The molecule has 0 unspecified atom stereocenters. The van der Waals surface area contributed by atoms with Crippen LogP contribution in [0.3, 0.4) is 0 Å². The number of amides is 1. The molecule has 2 aromatic heterocycles. The van der Waals surface area contributed by atoms with E-state index in [0.29, 0.717) is 12.1 Å². The molecule has 0 saturated carbocycles. The fraction of sp³-hybridized carbons (Fsp3) is 0.250. The minimum Gasteiger partial charge on any atom is -0.394 e. The standard InChI is InChI=1S/C20H22N4O2/c1-15(10-16-4-3-7-21-12-16)23-20(26)18-6-2-5-17(11-18)19-13-22-24(14-19)8-9-25/h2-7,11-15,25H,8-10H2,1H3,(H,23,26)/t15-/m1/s1. The molecule has 0 bridgehead atoms. The number of hydrogen-bond donors (Lipinski definition) is 2. The number of carbonyl (C=O) groups is 1. The highest BCUT2D eigenvalue weighted by Crippen LogP contribution is 2.20. The number of aliphatic hydroxyl groups excluding tert-OH is 1. The van der Waals surface area contributed by atoms with Gasteiger partial charge in [-0.2, -0.15) is 5.10 Å². The average Bonchev–Trinajstić information content (AvgIpc) is 3.11. The number of benzene rings is 1. The third-order valence-electron chi connectivity index (χ3n) is 4.06. The molecule has 2 heterocycles. The summed E-state index contributed by atoms with van der Waals surface area (Å²) in [7, 11) is 0. The summed E-state index contributed by atoms with van der Waals surface area (Å²) in [6, 6.07) is 11.4. The minimum absolute atomic E-state index is 0.00246. The van der Waals surface area contributed by atoms with E-state index in [4.69, 9.17) is 5.11 Å². The highest BCUT2D eigenvalue weighted by molar-refractivity contribution is 5.95. The molecule has 2 N–H and O–H groups in total. The molecule has 0 spiro atoms. The molecule has 0 fully saturated rings. The van der Waals surface area contributed by atoms with Crippen molar-refractivity contribution in [2.45, 2.75) is 25.9 Å². The zero-order chi connectivity index (χ0) is 18.4. The number of aromatic nitrogens is 3. The number of rotatable bonds is 7. The predicted molar refractivity (Wildman–Crippen MR) is 99.6 cm³/mol. The zero-order valence-electron chi connectivity index (χ0n) is 14.7. The Kier molecular flexibility index (Phi) is 5.76. The molecule has 0 aliphatic rings. The summed E-state index contributed by atoms with van der Waals surface area (Å²) in [5, 5.41) is 16.2. The van der Waals surface area contributed by atoms with Gasteiger partial charge in [0.05, 0.1) is 19.3 Å². The Morgan fingerprint density at radius 3 is 2.88 bits per heavy atom. The van der Waals surface area contributed by atoms with Crippen molar-refractivity contribution >= 4 is 5.91 Å². The third kappa shape index (κ3) is 4.55. The van der Waals surface area contributed by atoms with Crippen molar-refractivity contribution in [3.05, 3.63) is 72.3 Å². The van der Waals surface area contributed by atoms with E-state index in [0.717, 1.165) is 23.1 Å².